The molecule has 0 saturated carbocycles. The maximum absolute atomic E-state index is 6.06. The van der Waals surface area contributed by atoms with Gasteiger partial charge in [-0.05, 0) is 32.8 Å². The molecule has 1 aromatic carbocycles. The van der Waals surface area contributed by atoms with Crippen molar-refractivity contribution < 1.29 is 4.74 Å². The molecule has 3 unspecified atom stereocenters. The predicted octanol–water partition coefficient (Wildman–Crippen LogP) is 2.82. The van der Waals surface area contributed by atoms with E-state index in [0.29, 0.717) is 12.1 Å². The molecule has 1 saturated heterocycles. The van der Waals surface area contributed by atoms with E-state index in [1.807, 2.05) is 0 Å². The lowest BCUT2D eigenvalue weighted by Crippen LogP contribution is -2.27. The minimum absolute atomic E-state index is 0.194. The van der Waals surface area contributed by atoms with Crippen molar-refractivity contribution in [1.82, 2.24) is 5.32 Å². The Morgan fingerprint density at radius 3 is 2.88 bits per heavy atom. The molecule has 88 valence electrons. The van der Waals surface area contributed by atoms with Gasteiger partial charge in [-0.1, -0.05) is 29.8 Å². The molecule has 0 bridgehead atoms. The van der Waals surface area contributed by atoms with Crippen molar-refractivity contribution in [2.45, 2.75) is 45.4 Å². The summed E-state index contributed by atoms with van der Waals surface area (Å²) in [7, 11) is 0. The van der Waals surface area contributed by atoms with E-state index in [-0.39, 0.29) is 6.10 Å². The average Bonchev–Trinajstić information content (AvgIpc) is 2.39. The molecule has 2 rings (SSSR count). The van der Waals surface area contributed by atoms with Crippen LogP contribution in [-0.4, -0.2) is 18.7 Å². The lowest BCUT2D eigenvalue weighted by atomic mass is 10.1. The van der Waals surface area contributed by atoms with Gasteiger partial charge in [0.05, 0.1) is 12.2 Å². The molecule has 0 amide bonds. The lowest BCUT2D eigenvalue weighted by Gasteiger charge is -2.19. The molecule has 0 radical (unpaired) electrons. The van der Waals surface area contributed by atoms with Crippen molar-refractivity contribution in [3.63, 3.8) is 0 Å². The third-order valence-corrected chi connectivity index (χ3v) is 3.15. The van der Waals surface area contributed by atoms with E-state index in [1.54, 1.807) is 0 Å². The molecule has 1 aliphatic heterocycles. The highest BCUT2D eigenvalue weighted by Crippen LogP contribution is 2.23. The summed E-state index contributed by atoms with van der Waals surface area (Å²) in [6, 6.07) is 9.15. The Bertz CT molecular complexity index is 350. The Morgan fingerprint density at radius 2 is 2.12 bits per heavy atom. The van der Waals surface area contributed by atoms with Crippen molar-refractivity contribution in [3.05, 3.63) is 35.4 Å². The number of nitrogens with one attached hydrogen (secondary N) is 1. The summed E-state index contributed by atoms with van der Waals surface area (Å²) in [5.74, 6) is 0. The lowest BCUT2D eigenvalue weighted by molar-refractivity contribution is 0.00715. The Balaban J connectivity index is 2.14. The van der Waals surface area contributed by atoms with Crippen LogP contribution in [0.15, 0.2) is 24.3 Å². The van der Waals surface area contributed by atoms with Crippen LogP contribution in [0, 0.1) is 6.92 Å². The highest BCUT2D eigenvalue weighted by atomic mass is 16.5. The zero-order valence-corrected chi connectivity index (χ0v) is 10.4. The maximum atomic E-state index is 6.06. The first-order valence-corrected chi connectivity index (χ1v) is 6.10. The van der Waals surface area contributed by atoms with Crippen LogP contribution in [0.4, 0.5) is 0 Å². The monoisotopic (exact) mass is 219 g/mol. The Morgan fingerprint density at radius 1 is 1.31 bits per heavy atom. The SMILES string of the molecule is Cc1cccc(C2CNC(C)CC(C)O2)c1. The van der Waals surface area contributed by atoms with E-state index >= 15 is 0 Å². The average molecular weight is 219 g/mol. The molecule has 0 aliphatic carbocycles. The van der Waals surface area contributed by atoms with Crippen LogP contribution in [0.3, 0.4) is 0 Å². The molecule has 0 aromatic heterocycles. The Kier molecular flexibility index (Phi) is 3.62. The largest absolute Gasteiger partial charge is 0.369 e. The first-order chi connectivity index (χ1) is 7.65. The Labute approximate surface area is 98.0 Å². The van der Waals surface area contributed by atoms with E-state index in [0.717, 1.165) is 13.0 Å². The maximum Gasteiger partial charge on any atom is 0.0953 e. The number of aryl methyl sites for hydroxylation is 1. The second kappa shape index (κ2) is 4.98. The molecule has 1 heterocycles. The van der Waals surface area contributed by atoms with Gasteiger partial charge in [-0.3, -0.25) is 0 Å². The fourth-order valence-corrected chi connectivity index (χ4v) is 2.34. The van der Waals surface area contributed by atoms with Gasteiger partial charge >= 0.3 is 0 Å². The number of ether oxygens (including phenoxy) is 1. The van der Waals surface area contributed by atoms with Crippen molar-refractivity contribution in [2.75, 3.05) is 6.54 Å². The minimum atomic E-state index is 0.194. The van der Waals surface area contributed by atoms with Crippen molar-refractivity contribution in [1.29, 1.82) is 0 Å². The van der Waals surface area contributed by atoms with Gasteiger partial charge in [0, 0.05) is 12.6 Å². The quantitative estimate of drug-likeness (QED) is 0.784. The third-order valence-electron chi connectivity index (χ3n) is 3.15. The first-order valence-electron chi connectivity index (χ1n) is 6.10. The summed E-state index contributed by atoms with van der Waals surface area (Å²) >= 11 is 0. The zero-order chi connectivity index (χ0) is 11.5. The van der Waals surface area contributed by atoms with E-state index in [9.17, 15) is 0 Å². The molecule has 1 fully saturated rings. The van der Waals surface area contributed by atoms with Gasteiger partial charge in [0.15, 0.2) is 0 Å². The summed E-state index contributed by atoms with van der Waals surface area (Å²) in [5.41, 5.74) is 2.58. The molecule has 3 atom stereocenters. The third kappa shape index (κ3) is 2.83. The molecule has 2 heteroatoms. The van der Waals surface area contributed by atoms with Crippen LogP contribution >= 0.6 is 0 Å². The van der Waals surface area contributed by atoms with Gasteiger partial charge in [0.2, 0.25) is 0 Å². The first kappa shape index (κ1) is 11.6. The van der Waals surface area contributed by atoms with Crippen molar-refractivity contribution in [3.8, 4) is 0 Å². The fourth-order valence-electron chi connectivity index (χ4n) is 2.34. The summed E-state index contributed by atoms with van der Waals surface area (Å²) in [5, 5.41) is 3.52. The fraction of sp³-hybridized carbons (Fsp3) is 0.571. The van der Waals surface area contributed by atoms with Crippen LogP contribution in [0.5, 0.6) is 0 Å². The number of hydrogen-bond acceptors (Lipinski definition) is 2. The van der Waals surface area contributed by atoms with Crippen molar-refractivity contribution >= 4 is 0 Å². The van der Waals surface area contributed by atoms with Gasteiger partial charge in [-0.25, -0.2) is 0 Å². The van der Waals surface area contributed by atoms with Gasteiger partial charge in [0.25, 0.3) is 0 Å². The second-order valence-electron chi connectivity index (χ2n) is 4.89. The van der Waals surface area contributed by atoms with Crippen LogP contribution in [0.2, 0.25) is 0 Å². The highest BCUT2D eigenvalue weighted by Gasteiger charge is 2.21. The normalized spacial score (nSPS) is 31.1. The van der Waals surface area contributed by atoms with Crippen LogP contribution < -0.4 is 5.32 Å². The number of hydrogen-bond donors (Lipinski definition) is 1. The summed E-state index contributed by atoms with van der Waals surface area (Å²) < 4.78 is 6.06. The molecular formula is C14H21NO. The molecule has 2 nitrogen and oxygen atoms in total. The van der Waals surface area contributed by atoms with Gasteiger partial charge in [-0.2, -0.15) is 0 Å². The van der Waals surface area contributed by atoms with E-state index < -0.39 is 0 Å². The van der Waals surface area contributed by atoms with Gasteiger partial charge in [-0.15, -0.1) is 0 Å². The molecule has 0 spiro atoms. The summed E-state index contributed by atoms with van der Waals surface area (Å²) in [4.78, 5) is 0. The number of rotatable bonds is 1. The molecule has 1 N–H and O–H groups in total. The Hall–Kier alpha value is -0.860. The standard InChI is InChI=1S/C14H21NO/c1-10-5-4-6-13(7-10)14-9-15-11(2)8-12(3)16-14/h4-7,11-12,14-15H,8-9H2,1-3H3. The highest BCUT2D eigenvalue weighted by molar-refractivity contribution is 5.24. The molecule has 1 aliphatic rings. The van der Waals surface area contributed by atoms with Gasteiger partial charge in [0.1, 0.15) is 0 Å². The molecule has 16 heavy (non-hydrogen) atoms. The number of benzene rings is 1. The smallest absolute Gasteiger partial charge is 0.0953 e. The summed E-state index contributed by atoms with van der Waals surface area (Å²) in [6.07, 6.45) is 1.61. The van der Waals surface area contributed by atoms with Crippen LogP contribution in [0.1, 0.15) is 37.5 Å². The van der Waals surface area contributed by atoms with Crippen LogP contribution in [0.25, 0.3) is 0 Å². The molecule has 1 aromatic rings. The summed E-state index contributed by atoms with van der Waals surface area (Å²) in [6.45, 7) is 7.42. The second-order valence-corrected chi connectivity index (χ2v) is 4.89. The minimum Gasteiger partial charge on any atom is -0.369 e. The van der Waals surface area contributed by atoms with Crippen molar-refractivity contribution in [2.24, 2.45) is 0 Å². The topological polar surface area (TPSA) is 21.3 Å². The predicted molar refractivity (Wildman–Crippen MR) is 66.5 cm³/mol. The van der Waals surface area contributed by atoms with E-state index in [2.05, 4.69) is 50.4 Å². The van der Waals surface area contributed by atoms with E-state index in [1.165, 1.54) is 11.1 Å². The molecular weight excluding hydrogens is 198 g/mol. The van der Waals surface area contributed by atoms with Crippen LogP contribution in [-0.2, 0) is 4.74 Å². The zero-order valence-electron chi connectivity index (χ0n) is 10.4. The van der Waals surface area contributed by atoms with Gasteiger partial charge < -0.3 is 10.1 Å². The van der Waals surface area contributed by atoms with E-state index in [4.69, 9.17) is 4.74 Å².